The number of rotatable bonds is 4. The molecule has 1 aliphatic rings. The average Bonchev–Trinajstić information content (AvgIpc) is 2.37. The van der Waals surface area contributed by atoms with Crippen LogP contribution < -0.4 is 10.6 Å². The molecular formula is C13H21ClN4. The van der Waals surface area contributed by atoms with Gasteiger partial charge < -0.3 is 10.6 Å². The first-order chi connectivity index (χ1) is 8.65. The number of hydrogen-bond donors (Lipinski definition) is 2. The Morgan fingerprint density at radius 2 is 2.11 bits per heavy atom. The molecule has 2 rings (SSSR count). The normalized spacial score (nSPS) is 17.1. The van der Waals surface area contributed by atoms with Gasteiger partial charge >= 0.3 is 0 Å². The molecule has 1 aliphatic heterocycles. The molecule has 100 valence electrons. The summed E-state index contributed by atoms with van der Waals surface area (Å²) in [5.74, 6) is 1.93. The highest BCUT2D eigenvalue weighted by molar-refractivity contribution is 6.28. The van der Waals surface area contributed by atoms with Gasteiger partial charge in [-0.3, -0.25) is 0 Å². The molecule has 0 unspecified atom stereocenters. The molecule has 0 aromatic carbocycles. The lowest BCUT2D eigenvalue weighted by molar-refractivity contribution is 0.389. The molecule has 0 radical (unpaired) electrons. The number of nitrogens with one attached hydrogen (secondary N) is 2. The molecule has 2 heterocycles. The maximum absolute atomic E-state index is 5.94. The molecule has 0 spiro atoms. The lowest BCUT2D eigenvalue weighted by Gasteiger charge is -2.23. The maximum Gasteiger partial charge on any atom is 0.224 e. The zero-order valence-electron chi connectivity index (χ0n) is 11.0. The second-order valence-corrected chi connectivity index (χ2v) is 5.51. The van der Waals surface area contributed by atoms with Gasteiger partial charge in [0.05, 0.1) is 5.69 Å². The highest BCUT2D eigenvalue weighted by Crippen LogP contribution is 2.19. The molecule has 1 aromatic rings. The van der Waals surface area contributed by atoms with E-state index < -0.39 is 0 Å². The van der Waals surface area contributed by atoms with E-state index >= 15 is 0 Å². The van der Waals surface area contributed by atoms with Gasteiger partial charge in [-0.05, 0) is 49.4 Å². The largest absolute Gasteiger partial charge is 0.370 e. The van der Waals surface area contributed by atoms with E-state index in [-0.39, 0.29) is 0 Å². The number of aromatic nitrogens is 2. The van der Waals surface area contributed by atoms with Gasteiger partial charge in [0.15, 0.2) is 0 Å². The molecule has 5 heteroatoms. The fourth-order valence-corrected chi connectivity index (χ4v) is 2.35. The van der Waals surface area contributed by atoms with Gasteiger partial charge in [-0.15, -0.1) is 0 Å². The fraction of sp³-hybridized carbons (Fsp3) is 0.692. The van der Waals surface area contributed by atoms with Crippen LogP contribution in [-0.2, 0) is 0 Å². The van der Waals surface area contributed by atoms with Crippen molar-refractivity contribution in [1.29, 1.82) is 0 Å². The van der Waals surface area contributed by atoms with Gasteiger partial charge in [0.1, 0.15) is 5.82 Å². The summed E-state index contributed by atoms with van der Waals surface area (Å²) in [6.45, 7) is 7.42. The Balaban J connectivity index is 1.95. The molecule has 4 nitrogen and oxygen atoms in total. The van der Waals surface area contributed by atoms with Crippen LogP contribution in [-0.4, -0.2) is 29.6 Å². The zero-order chi connectivity index (χ0) is 13.0. The third kappa shape index (κ3) is 3.82. The molecule has 0 amide bonds. The van der Waals surface area contributed by atoms with E-state index in [1.807, 2.05) is 6.07 Å². The Bertz CT molecular complexity index is 389. The standard InChI is InChI=1S/C13H21ClN4/c1-9(2)11-7-12(18-13(14)17-11)16-8-10-3-5-15-6-4-10/h7,9-10,15H,3-6,8H2,1-2H3,(H,16,17,18). The smallest absolute Gasteiger partial charge is 0.224 e. The van der Waals surface area contributed by atoms with Crippen molar-refractivity contribution in [3.8, 4) is 0 Å². The number of halogens is 1. The Morgan fingerprint density at radius 1 is 1.39 bits per heavy atom. The van der Waals surface area contributed by atoms with Gasteiger partial charge in [-0.2, -0.15) is 0 Å². The molecule has 1 fully saturated rings. The van der Waals surface area contributed by atoms with E-state index in [2.05, 4.69) is 34.4 Å². The van der Waals surface area contributed by atoms with Crippen molar-refractivity contribution in [3.05, 3.63) is 17.0 Å². The summed E-state index contributed by atoms with van der Waals surface area (Å²) in [4.78, 5) is 8.46. The summed E-state index contributed by atoms with van der Waals surface area (Å²) in [6, 6.07) is 2.00. The van der Waals surface area contributed by atoms with E-state index in [1.54, 1.807) is 0 Å². The summed E-state index contributed by atoms with van der Waals surface area (Å²) >= 11 is 5.94. The number of nitrogens with zero attached hydrogens (tertiary/aromatic N) is 2. The summed E-state index contributed by atoms with van der Waals surface area (Å²) in [5.41, 5.74) is 0.989. The van der Waals surface area contributed by atoms with Crippen LogP contribution in [0, 0.1) is 5.92 Å². The summed E-state index contributed by atoms with van der Waals surface area (Å²) < 4.78 is 0. The zero-order valence-corrected chi connectivity index (χ0v) is 11.8. The molecule has 1 saturated heterocycles. The van der Waals surface area contributed by atoms with Crippen molar-refractivity contribution >= 4 is 17.4 Å². The molecule has 1 aromatic heterocycles. The topological polar surface area (TPSA) is 49.8 Å². The second kappa shape index (κ2) is 6.34. The first-order valence-corrected chi connectivity index (χ1v) is 7.02. The van der Waals surface area contributed by atoms with Crippen molar-refractivity contribution in [2.45, 2.75) is 32.6 Å². The Hall–Kier alpha value is -0.870. The SMILES string of the molecule is CC(C)c1cc(NCC2CCNCC2)nc(Cl)n1. The van der Waals surface area contributed by atoms with E-state index in [0.29, 0.717) is 11.2 Å². The van der Waals surface area contributed by atoms with Crippen molar-refractivity contribution in [1.82, 2.24) is 15.3 Å². The molecule has 0 bridgehead atoms. The molecule has 0 atom stereocenters. The quantitative estimate of drug-likeness (QED) is 0.825. The van der Waals surface area contributed by atoms with Crippen LogP contribution in [0.5, 0.6) is 0 Å². The van der Waals surface area contributed by atoms with E-state index in [9.17, 15) is 0 Å². The highest BCUT2D eigenvalue weighted by atomic mass is 35.5. The number of hydrogen-bond acceptors (Lipinski definition) is 4. The lowest BCUT2D eigenvalue weighted by atomic mass is 9.98. The van der Waals surface area contributed by atoms with E-state index in [1.165, 1.54) is 12.8 Å². The third-order valence-electron chi connectivity index (χ3n) is 3.34. The molecular weight excluding hydrogens is 248 g/mol. The monoisotopic (exact) mass is 268 g/mol. The first kappa shape index (κ1) is 13.6. The van der Waals surface area contributed by atoms with Gasteiger partial charge in [0.2, 0.25) is 5.28 Å². The van der Waals surface area contributed by atoms with Crippen molar-refractivity contribution in [3.63, 3.8) is 0 Å². The van der Waals surface area contributed by atoms with Crippen molar-refractivity contribution < 1.29 is 0 Å². The van der Waals surface area contributed by atoms with Crippen molar-refractivity contribution in [2.24, 2.45) is 5.92 Å². The highest BCUT2D eigenvalue weighted by Gasteiger charge is 2.13. The van der Waals surface area contributed by atoms with Gasteiger partial charge in [0.25, 0.3) is 0 Å². The minimum atomic E-state index is 0.328. The van der Waals surface area contributed by atoms with Crippen LogP contribution in [0.25, 0.3) is 0 Å². The molecule has 18 heavy (non-hydrogen) atoms. The summed E-state index contributed by atoms with van der Waals surface area (Å²) in [6.07, 6.45) is 2.45. The molecule has 0 saturated carbocycles. The van der Waals surface area contributed by atoms with Gasteiger partial charge in [-0.25, -0.2) is 9.97 Å². The number of anilines is 1. The third-order valence-corrected chi connectivity index (χ3v) is 3.51. The predicted octanol–water partition coefficient (Wildman–Crippen LogP) is 2.66. The molecule has 0 aliphatic carbocycles. The first-order valence-electron chi connectivity index (χ1n) is 6.64. The summed E-state index contributed by atoms with van der Waals surface area (Å²) in [5, 5.41) is 7.09. The fourth-order valence-electron chi connectivity index (χ4n) is 2.16. The van der Waals surface area contributed by atoms with Crippen LogP contribution in [0.2, 0.25) is 5.28 Å². The Kier molecular flexibility index (Phi) is 4.78. The van der Waals surface area contributed by atoms with Crippen LogP contribution in [0.4, 0.5) is 5.82 Å². The Labute approximate surface area is 114 Å². The van der Waals surface area contributed by atoms with Gasteiger partial charge in [-0.1, -0.05) is 13.8 Å². The predicted molar refractivity (Wildman–Crippen MR) is 75.2 cm³/mol. The minimum absolute atomic E-state index is 0.328. The lowest BCUT2D eigenvalue weighted by Crippen LogP contribution is -2.31. The van der Waals surface area contributed by atoms with Crippen molar-refractivity contribution in [2.75, 3.05) is 25.0 Å². The van der Waals surface area contributed by atoms with Crippen LogP contribution in [0.1, 0.15) is 38.3 Å². The van der Waals surface area contributed by atoms with E-state index in [4.69, 9.17) is 11.6 Å². The van der Waals surface area contributed by atoms with E-state index in [0.717, 1.165) is 37.1 Å². The van der Waals surface area contributed by atoms with Crippen LogP contribution in [0.3, 0.4) is 0 Å². The van der Waals surface area contributed by atoms with Crippen LogP contribution in [0.15, 0.2) is 6.07 Å². The Morgan fingerprint density at radius 3 is 2.78 bits per heavy atom. The average molecular weight is 269 g/mol. The molecule has 2 N–H and O–H groups in total. The van der Waals surface area contributed by atoms with Gasteiger partial charge in [0, 0.05) is 12.6 Å². The second-order valence-electron chi connectivity index (χ2n) is 5.18. The maximum atomic E-state index is 5.94. The summed E-state index contributed by atoms with van der Waals surface area (Å²) in [7, 11) is 0. The number of piperidine rings is 1. The minimum Gasteiger partial charge on any atom is -0.370 e. The van der Waals surface area contributed by atoms with Crippen LogP contribution >= 0.6 is 11.6 Å².